The van der Waals surface area contributed by atoms with Crippen molar-refractivity contribution < 1.29 is 9.84 Å². The Bertz CT molecular complexity index is 370. The topological polar surface area (TPSA) is 29.5 Å². The molecule has 0 amide bonds. The van der Waals surface area contributed by atoms with Crippen molar-refractivity contribution in [1.29, 1.82) is 0 Å². The van der Waals surface area contributed by atoms with E-state index in [0.29, 0.717) is 5.02 Å². The highest BCUT2D eigenvalue weighted by Gasteiger charge is 2.43. The highest BCUT2D eigenvalue weighted by molar-refractivity contribution is 6.31. The Morgan fingerprint density at radius 3 is 2.57 bits per heavy atom. The number of aliphatic hydroxyl groups is 1. The Balaban J connectivity index is 2.50. The molecule has 0 radical (unpaired) electrons. The van der Waals surface area contributed by atoms with Gasteiger partial charge in [0.1, 0.15) is 5.75 Å². The molecule has 1 N–H and O–H groups in total. The van der Waals surface area contributed by atoms with Gasteiger partial charge in [0.25, 0.3) is 0 Å². The molecule has 1 saturated carbocycles. The largest absolute Gasteiger partial charge is 0.496 e. The summed E-state index contributed by atoms with van der Waals surface area (Å²) in [6.45, 7) is 1.94. The summed E-state index contributed by atoms with van der Waals surface area (Å²) in [5.41, 5.74) is 1.09. The Morgan fingerprint density at radius 1 is 1.43 bits per heavy atom. The molecule has 0 atom stereocenters. The molecule has 76 valence electrons. The first-order valence-corrected chi connectivity index (χ1v) is 5.01. The van der Waals surface area contributed by atoms with Gasteiger partial charge in [-0.25, -0.2) is 0 Å². The maximum Gasteiger partial charge on any atom is 0.122 e. The van der Waals surface area contributed by atoms with Gasteiger partial charge in [-0.2, -0.15) is 0 Å². The van der Waals surface area contributed by atoms with Crippen LogP contribution in [0.25, 0.3) is 0 Å². The maximum absolute atomic E-state index is 9.95. The van der Waals surface area contributed by atoms with Gasteiger partial charge >= 0.3 is 0 Å². The fourth-order valence-corrected chi connectivity index (χ4v) is 2.01. The first-order chi connectivity index (χ1) is 6.57. The Morgan fingerprint density at radius 2 is 2.07 bits per heavy atom. The standard InChI is InChI=1S/C11H13ClO2/c1-7-5-9(12)8(6-10(7)14-2)11(13)3-4-11/h5-6,13H,3-4H2,1-2H3. The summed E-state index contributed by atoms with van der Waals surface area (Å²) in [6.07, 6.45) is 1.58. The summed E-state index contributed by atoms with van der Waals surface area (Å²) in [5, 5.41) is 10.6. The van der Waals surface area contributed by atoms with Crippen molar-refractivity contribution in [2.75, 3.05) is 7.11 Å². The number of halogens is 1. The second-order valence-corrected chi connectivity index (χ2v) is 4.24. The Hall–Kier alpha value is -0.730. The van der Waals surface area contributed by atoms with Gasteiger partial charge in [0.2, 0.25) is 0 Å². The van der Waals surface area contributed by atoms with Crippen molar-refractivity contribution in [2.24, 2.45) is 0 Å². The van der Waals surface area contributed by atoms with E-state index in [0.717, 1.165) is 29.7 Å². The second-order valence-electron chi connectivity index (χ2n) is 3.83. The molecule has 3 heteroatoms. The van der Waals surface area contributed by atoms with Crippen LogP contribution in [0.1, 0.15) is 24.0 Å². The van der Waals surface area contributed by atoms with E-state index in [1.54, 1.807) is 7.11 Å². The molecule has 0 heterocycles. The zero-order valence-corrected chi connectivity index (χ0v) is 9.06. The highest BCUT2D eigenvalue weighted by Crippen LogP contribution is 2.49. The third-order valence-electron chi connectivity index (χ3n) is 2.71. The first kappa shape index (κ1) is 9.81. The quantitative estimate of drug-likeness (QED) is 0.817. The van der Waals surface area contributed by atoms with Crippen molar-refractivity contribution in [3.8, 4) is 5.75 Å². The van der Waals surface area contributed by atoms with E-state index < -0.39 is 5.60 Å². The minimum Gasteiger partial charge on any atom is -0.496 e. The van der Waals surface area contributed by atoms with Gasteiger partial charge in [-0.3, -0.25) is 0 Å². The predicted octanol–water partition coefficient (Wildman–Crippen LogP) is 2.64. The fraction of sp³-hybridized carbons (Fsp3) is 0.455. The van der Waals surface area contributed by atoms with Crippen LogP contribution in [0.5, 0.6) is 5.75 Å². The van der Waals surface area contributed by atoms with Gasteiger partial charge in [-0.15, -0.1) is 0 Å². The van der Waals surface area contributed by atoms with Crippen molar-refractivity contribution in [1.82, 2.24) is 0 Å². The minimum atomic E-state index is -0.696. The number of hydrogen-bond acceptors (Lipinski definition) is 2. The third-order valence-corrected chi connectivity index (χ3v) is 3.02. The van der Waals surface area contributed by atoms with Gasteiger partial charge in [0.05, 0.1) is 12.7 Å². The molecule has 0 bridgehead atoms. The summed E-state index contributed by atoms with van der Waals surface area (Å²) in [4.78, 5) is 0. The van der Waals surface area contributed by atoms with E-state index in [1.165, 1.54) is 0 Å². The maximum atomic E-state index is 9.95. The zero-order chi connectivity index (χ0) is 10.3. The van der Waals surface area contributed by atoms with Crippen LogP contribution in [0.4, 0.5) is 0 Å². The number of benzene rings is 1. The smallest absolute Gasteiger partial charge is 0.122 e. The SMILES string of the molecule is COc1cc(C2(O)CC2)c(Cl)cc1C. The van der Waals surface area contributed by atoms with Crippen molar-refractivity contribution in [2.45, 2.75) is 25.4 Å². The van der Waals surface area contributed by atoms with Crippen molar-refractivity contribution in [3.63, 3.8) is 0 Å². The molecule has 0 saturated heterocycles. The van der Waals surface area contributed by atoms with Crippen LogP contribution < -0.4 is 4.74 Å². The van der Waals surface area contributed by atoms with E-state index in [4.69, 9.17) is 16.3 Å². The minimum absolute atomic E-state index is 0.628. The second kappa shape index (κ2) is 3.14. The van der Waals surface area contributed by atoms with E-state index in [1.807, 2.05) is 19.1 Å². The van der Waals surface area contributed by atoms with Crippen LogP contribution >= 0.6 is 11.6 Å². The number of hydrogen-bond donors (Lipinski definition) is 1. The van der Waals surface area contributed by atoms with Crippen LogP contribution in [0.3, 0.4) is 0 Å². The van der Waals surface area contributed by atoms with Crippen LogP contribution in [0.2, 0.25) is 5.02 Å². The molecule has 1 aromatic rings. The molecular weight excluding hydrogens is 200 g/mol. The molecule has 0 unspecified atom stereocenters. The molecule has 1 aliphatic rings. The van der Waals surface area contributed by atoms with Crippen LogP contribution in [0.15, 0.2) is 12.1 Å². The predicted molar refractivity (Wildman–Crippen MR) is 55.9 cm³/mol. The molecule has 2 nitrogen and oxygen atoms in total. The monoisotopic (exact) mass is 212 g/mol. The number of methoxy groups -OCH3 is 1. The van der Waals surface area contributed by atoms with Gasteiger partial charge in [-0.1, -0.05) is 11.6 Å². The third kappa shape index (κ3) is 1.49. The normalized spacial score (nSPS) is 18.0. The molecule has 0 spiro atoms. The summed E-state index contributed by atoms with van der Waals surface area (Å²) in [5.74, 6) is 0.782. The molecule has 0 aromatic heterocycles. The van der Waals surface area contributed by atoms with E-state index >= 15 is 0 Å². The number of ether oxygens (including phenoxy) is 1. The summed E-state index contributed by atoms with van der Waals surface area (Å²) in [7, 11) is 1.62. The molecule has 0 aliphatic heterocycles. The number of rotatable bonds is 2. The lowest BCUT2D eigenvalue weighted by atomic mass is 10.0. The molecule has 1 aliphatic carbocycles. The Labute approximate surface area is 88.5 Å². The van der Waals surface area contributed by atoms with Gasteiger partial charge < -0.3 is 9.84 Å². The fourth-order valence-electron chi connectivity index (χ4n) is 1.62. The van der Waals surface area contributed by atoms with E-state index in [9.17, 15) is 5.11 Å². The summed E-state index contributed by atoms with van der Waals surface area (Å²) < 4.78 is 5.19. The Kier molecular flexibility index (Phi) is 2.20. The van der Waals surface area contributed by atoms with Gasteiger partial charge in [-0.05, 0) is 37.5 Å². The first-order valence-electron chi connectivity index (χ1n) is 4.64. The van der Waals surface area contributed by atoms with Gasteiger partial charge in [0.15, 0.2) is 0 Å². The van der Waals surface area contributed by atoms with Crippen LogP contribution in [-0.2, 0) is 5.60 Å². The zero-order valence-electron chi connectivity index (χ0n) is 8.30. The molecule has 2 rings (SSSR count). The average Bonchev–Trinajstić information content (AvgIpc) is 2.85. The van der Waals surface area contributed by atoms with Gasteiger partial charge in [0, 0.05) is 10.6 Å². The average molecular weight is 213 g/mol. The van der Waals surface area contributed by atoms with Crippen LogP contribution in [-0.4, -0.2) is 12.2 Å². The summed E-state index contributed by atoms with van der Waals surface area (Å²) >= 11 is 6.07. The molecule has 14 heavy (non-hydrogen) atoms. The molecule has 1 aromatic carbocycles. The molecule has 1 fully saturated rings. The highest BCUT2D eigenvalue weighted by atomic mass is 35.5. The lowest BCUT2D eigenvalue weighted by Gasteiger charge is -2.13. The van der Waals surface area contributed by atoms with Crippen molar-refractivity contribution in [3.05, 3.63) is 28.3 Å². The van der Waals surface area contributed by atoms with Crippen molar-refractivity contribution >= 4 is 11.6 Å². The van der Waals surface area contributed by atoms with E-state index in [2.05, 4.69) is 0 Å². The van der Waals surface area contributed by atoms with Crippen LogP contribution in [0, 0.1) is 6.92 Å². The lowest BCUT2D eigenvalue weighted by Crippen LogP contribution is -2.06. The lowest BCUT2D eigenvalue weighted by molar-refractivity contribution is 0.151. The van der Waals surface area contributed by atoms with E-state index in [-0.39, 0.29) is 0 Å². The summed E-state index contributed by atoms with van der Waals surface area (Å²) in [6, 6.07) is 3.68. The molecular formula is C11H13ClO2. The number of aryl methyl sites for hydroxylation is 1.